The molecule has 0 bridgehead atoms. The number of pyridine rings is 1. The van der Waals surface area contributed by atoms with Crippen LogP contribution in [0.15, 0.2) is 41.5 Å². The van der Waals surface area contributed by atoms with Gasteiger partial charge in [-0.2, -0.15) is 10.4 Å². The molecule has 2 rings (SSSR count). The lowest BCUT2D eigenvalue weighted by molar-refractivity contribution is -0.144. The first-order chi connectivity index (χ1) is 11.5. The molecule has 0 fully saturated rings. The summed E-state index contributed by atoms with van der Waals surface area (Å²) < 4.78 is 5.28. The molecule has 24 heavy (non-hydrogen) atoms. The molecule has 1 atom stereocenters. The van der Waals surface area contributed by atoms with Crippen LogP contribution >= 0.6 is 11.6 Å². The molecule has 0 aliphatic heterocycles. The molecule has 8 heteroatoms. The van der Waals surface area contributed by atoms with Crippen LogP contribution in [0, 0.1) is 11.3 Å². The number of carbonyl (C=O) groups is 1. The fourth-order valence-electron chi connectivity index (χ4n) is 1.71. The Morgan fingerprint density at radius 1 is 1.50 bits per heavy atom. The number of anilines is 1. The van der Waals surface area contributed by atoms with E-state index in [2.05, 4.69) is 15.5 Å². The number of benzene rings is 1. The molecule has 1 aromatic carbocycles. The minimum Gasteiger partial charge on any atom is -0.479 e. The van der Waals surface area contributed by atoms with Gasteiger partial charge in [0.1, 0.15) is 16.7 Å². The second kappa shape index (κ2) is 7.94. The summed E-state index contributed by atoms with van der Waals surface area (Å²) in [6.45, 7) is 1.45. The van der Waals surface area contributed by atoms with Crippen LogP contribution in [0.3, 0.4) is 0 Å². The van der Waals surface area contributed by atoms with Gasteiger partial charge in [0.05, 0.1) is 17.8 Å². The standard InChI is InChI=1S/C16H13ClN4O3/c1-10(16(22)23)24-13-4-2-3-11(5-13)9-19-21-15-7-12(8-18)6-14(17)20-15/h2-7,9-10H,1H3,(H,20,21)(H,22,23). The smallest absolute Gasteiger partial charge is 0.344 e. The van der Waals surface area contributed by atoms with Crippen LogP contribution in [-0.4, -0.2) is 28.4 Å². The van der Waals surface area contributed by atoms with Crippen LogP contribution in [0.25, 0.3) is 0 Å². The van der Waals surface area contributed by atoms with E-state index in [0.29, 0.717) is 22.7 Å². The molecule has 0 spiro atoms. The normalized spacial score (nSPS) is 11.7. The molecule has 0 amide bonds. The van der Waals surface area contributed by atoms with E-state index < -0.39 is 12.1 Å². The summed E-state index contributed by atoms with van der Waals surface area (Å²) in [6, 6.07) is 11.7. The summed E-state index contributed by atoms with van der Waals surface area (Å²) in [5.41, 5.74) is 3.74. The highest BCUT2D eigenvalue weighted by Gasteiger charge is 2.12. The van der Waals surface area contributed by atoms with Crippen LogP contribution in [-0.2, 0) is 4.79 Å². The predicted octanol–water partition coefficient (Wildman–Crippen LogP) is 2.90. The van der Waals surface area contributed by atoms with Gasteiger partial charge in [-0.05, 0) is 30.7 Å². The van der Waals surface area contributed by atoms with Gasteiger partial charge in [0.2, 0.25) is 0 Å². The van der Waals surface area contributed by atoms with Gasteiger partial charge in [0.15, 0.2) is 6.10 Å². The van der Waals surface area contributed by atoms with E-state index in [1.807, 2.05) is 6.07 Å². The molecular formula is C16H13ClN4O3. The molecule has 0 radical (unpaired) electrons. The zero-order chi connectivity index (χ0) is 17.5. The third kappa shape index (κ3) is 4.97. The third-order valence-electron chi connectivity index (χ3n) is 2.83. The summed E-state index contributed by atoms with van der Waals surface area (Å²) in [5, 5.41) is 21.9. The lowest BCUT2D eigenvalue weighted by Crippen LogP contribution is -2.22. The fraction of sp³-hybridized carbons (Fsp3) is 0.125. The highest BCUT2D eigenvalue weighted by Crippen LogP contribution is 2.15. The number of nitrogens with one attached hydrogen (secondary N) is 1. The quantitative estimate of drug-likeness (QED) is 0.474. The Kier molecular flexibility index (Phi) is 5.71. The highest BCUT2D eigenvalue weighted by atomic mass is 35.5. The number of aliphatic carboxylic acids is 1. The Balaban J connectivity index is 2.06. The molecule has 7 nitrogen and oxygen atoms in total. The zero-order valence-electron chi connectivity index (χ0n) is 12.6. The van der Waals surface area contributed by atoms with Crippen LogP contribution in [0.4, 0.5) is 5.82 Å². The van der Waals surface area contributed by atoms with Crippen molar-refractivity contribution in [3.63, 3.8) is 0 Å². The lowest BCUT2D eigenvalue weighted by Gasteiger charge is -2.10. The van der Waals surface area contributed by atoms with Gasteiger partial charge >= 0.3 is 5.97 Å². The maximum atomic E-state index is 10.8. The minimum atomic E-state index is -1.05. The van der Waals surface area contributed by atoms with Crippen LogP contribution in [0.2, 0.25) is 5.15 Å². The van der Waals surface area contributed by atoms with E-state index in [4.69, 9.17) is 26.7 Å². The van der Waals surface area contributed by atoms with Crippen molar-refractivity contribution in [3.05, 3.63) is 52.7 Å². The van der Waals surface area contributed by atoms with E-state index in [-0.39, 0.29) is 5.15 Å². The van der Waals surface area contributed by atoms with Crippen molar-refractivity contribution >= 4 is 29.6 Å². The number of hydrogen-bond acceptors (Lipinski definition) is 6. The first kappa shape index (κ1) is 17.2. The number of hydrogen-bond donors (Lipinski definition) is 2. The number of ether oxygens (including phenoxy) is 1. The van der Waals surface area contributed by atoms with E-state index in [0.717, 1.165) is 0 Å². The summed E-state index contributed by atoms with van der Waals surface area (Å²) >= 11 is 5.80. The van der Waals surface area contributed by atoms with E-state index in [1.54, 1.807) is 24.3 Å². The van der Waals surface area contributed by atoms with Crippen molar-refractivity contribution in [2.45, 2.75) is 13.0 Å². The molecule has 0 saturated heterocycles. The number of nitriles is 1. The van der Waals surface area contributed by atoms with Gasteiger partial charge in [-0.3, -0.25) is 5.43 Å². The highest BCUT2D eigenvalue weighted by molar-refractivity contribution is 6.29. The summed E-state index contributed by atoms with van der Waals surface area (Å²) in [5.74, 6) is -0.292. The molecule has 0 aliphatic rings. The Hall–Kier alpha value is -3.11. The summed E-state index contributed by atoms with van der Waals surface area (Å²) in [4.78, 5) is 14.8. The van der Waals surface area contributed by atoms with Crippen molar-refractivity contribution < 1.29 is 14.6 Å². The molecule has 2 aromatic rings. The van der Waals surface area contributed by atoms with Crippen molar-refractivity contribution in [1.29, 1.82) is 5.26 Å². The van der Waals surface area contributed by atoms with Crippen LogP contribution < -0.4 is 10.2 Å². The van der Waals surface area contributed by atoms with E-state index >= 15 is 0 Å². The van der Waals surface area contributed by atoms with Crippen LogP contribution in [0.1, 0.15) is 18.1 Å². The van der Waals surface area contributed by atoms with Crippen molar-refractivity contribution in [2.24, 2.45) is 5.10 Å². The second-order valence-corrected chi connectivity index (χ2v) is 5.10. The molecule has 1 aromatic heterocycles. The first-order valence-corrected chi connectivity index (χ1v) is 7.22. The monoisotopic (exact) mass is 344 g/mol. The molecule has 0 saturated carbocycles. The molecule has 2 N–H and O–H groups in total. The van der Waals surface area contributed by atoms with E-state index in [1.165, 1.54) is 25.3 Å². The number of rotatable bonds is 6. The van der Waals surface area contributed by atoms with Gasteiger partial charge in [-0.15, -0.1) is 0 Å². The Morgan fingerprint density at radius 3 is 3.00 bits per heavy atom. The van der Waals surface area contributed by atoms with Gasteiger partial charge < -0.3 is 9.84 Å². The average molecular weight is 345 g/mol. The topological polar surface area (TPSA) is 108 Å². The Morgan fingerprint density at radius 2 is 2.29 bits per heavy atom. The van der Waals surface area contributed by atoms with Gasteiger partial charge in [0, 0.05) is 6.07 Å². The number of nitrogens with zero attached hydrogens (tertiary/aromatic N) is 3. The number of halogens is 1. The Labute approximate surface area is 143 Å². The molecule has 1 unspecified atom stereocenters. The van der Waals surface area contributed by atoms with Gasteiger partial charge in [-0.1, -0.05) is 23.7 Å². The maximum absolute atomic E-state index is 10.8. The first-order valence-electron chi connectivity index (χ1n) is 6.84. The van der Waals surface area contributed by atoms with E-state index in [9.17, 15) is 4.79 Å². The van der Waals surface area contributed by atoms with Crippen molar-refractivity contribution in [2.75, 3.05) is 5.43 Å². The molecule has 0 aliphatic carbocycles. The average Bonchev–Trinajstić information content (AvgIpc) is 2.54. The predicted molar refractivity (Wildman–Crippen MR) is 89.3 cm³/mol. The zero-order valence-corrected chi connectivity index (χ0v) is 13.4. The molecule has 1 heterocycles. The van der Waals surface area contributed by atoms with Gasteiger partial charge in [-0.25, -0.2) is 9.78 Å². The number of aromatic nitrogens is 1. The summed E-state index contributed by atoms with van der Waals surface area (Å²) in [7, 11) is 0. The molecule has 122 valence electrons. The SMILES string of the molecule is CC(Oc1cccc(C=NNc2cc(C#N)cc(Cl)n2)c1)C(=O)O. The number of carboxylic acid groups (broad SMARTS) is 1. The Bertz CT molecular complexity index is 817. The van der Waals surface area contributed by atoms with Crippen molar-refractivity contribution in [1.82, 2.24) is 4.98 Å². The largest absolute Gasteiger partial charge is 0.479 e. The number of hydrazone groups is 1. The van der Waals surface area contributed by atoms with Crippen molar-refractivity contribution in [3.8, 4) is 11.8 Å². The molecular weight excluding hydrogens is 332 g/mol. The second-order valence-electron chi connectivity index (χ2n) is 4.72. The van der Waals surface area contributed by atoms with Gasteiger partial charge in [0.25, 0.3) is 0 Å². The third-order valence-corrected chi connectivity index (χ3v) is 3.03. The minimum absolute atomic E-state index is 0.185. The lowest BCUT2D eigenvalue weighted by atomic mass is 10.2. The number of carboxylic acids is 1. The maximum Gasteiger partial charge on any atom is 0.344 e. The van der Waals surface area contributed by atoms with Crippen LogP contribution in [0.5, 0.6) is 5.75 Å². The summed E-state index contributed by atoms with van der Waals surface area (Å²) in [6.07, 6.45) is 0.558. The fourth-order valence-corrected chi connectivity index (χ4v) is 1.92.